The zero-order valence-electron chi connectivity index (χ0n) is 9.24. The molecule has 0 spiro atoms. The Bertz CT molecular complexity index is 414. The van der Waals surface area contributed by atoms with Crippen molar-refractivity contribution in [2.75, 3.05) is 6.54 Å². The normalized spacial score (nSPS) is 11.6. The Kier molecular flexibility index (Phi) is 5.25. The minimum atomic E-state index is -3.37. The fourth-order valence-electron chi connectivity index (χ4n) is 1.28. The third-order valence-corrected chi connectivity index (χ3v) is 3.93. The van der Waals surface area contributed by atoms with Crippen molar-refractivity contribution in [3.63, 3.8) is 0 Å². The van der Waals surface area contributed by atoms with Crippen LogP contribution in [-0.2, 0) is 10.0 Å². The Hall–Kier alpha value is -0.580. The molecule has 1 aromatic rings. The topological polar surface area (TPSA) is 46.2 Å². The molecule has 1 N–H and O–H groups in total. The average molecular weight is 262 g/mol. The highest BCUT2D eigenvalue weighted by Gasteiger charge is 2.12. The average Bonchev–Trinajstić information content (AvgIpc) is 2.25. The fourth-order valence-corrected chi connectivity index (χ4v) is 2.48. The number of benzene rings is 1. The molecule has 0 bridgehead atoms. The summed E-state index contributed by atoms with van der Waals surface area (Å²) in [6, 6.07) is 6.15. The third kappa shape index (κ3) is 4.12. The maximum atomic E-state index is 11.8. The highest BCUT2D eigenvalue weighted by molar-refractivity contribution is 7.89. The van der Waals surface area contributed by atoms with E-state index in [1.54, 1.807) is 12.1 Å². The molecule has 90 valence electrons. The Morgan fingerprint density at radius 3 is 2.38 bits per heavy atom. The van der Waals surface area contributed by atoms with E-state index in [9.17, 15) is 8.42 Å². The summed E-state index contributed by atoms with van der Waals surface area (Å²) in [7, 11) is -3.37. The molecule has 0 aliphatic heterocycles. The molecule has 0 fully saturated rings. The van der Waals surface area contributed by atoms with Gasteiger partial charge in [0.05, 0.1) is 4.90 Å². The summed E-state index contributed by atoms with van der Waals surface area (Å²) < 4.78 is 26.1. The highest BCUT2D eigenvalue weighted by Crippen LogP contribution is 2.13. The first kappa shape index (κ1) is 13.5. The van der Waals surface area contributed by atoms with Crippen LogP contribution in [0, 0.1) is 0 Å². The van der Waals surface area contributed by atoms with Crippen LogP contribution in [0.3, 0.4) is 0 Å². The lowest BCUT2D eigenvalue weighted by Crippen LogP contribution is -2.24. The summed E-state index contributed by atoms with van der Waals surface area (Å²) in [5.41, 5.74) is 0. The van der Waals surface area contributed by atoms with E-state index in [4.69, 9.17) is 11.6 Å². The molecule has 1 rings (SSSR count). The predicted octanol–water partition coefficient (Wildman–Crippen LogP) is 2.81. The predicted molar refractivity (Wildman–Crippen MR) is 66.2 cm³/mol. The van der Waals surface area contributed by atoms with Gasteiger partial charge in [-0.1, -0.05) is 31.4 Å². The van der Waals surface area contributed by atoms with Gasteiger partial charge in [-0.05, 0) is 30.7 Å². The number of hydrogen-bond donors (Lipinski definition) is 1. The maximum Gasteiger partial charge on any atom is 0.240 e. The SMILES string of the molecule is CCCCCNS(=O)(=O)c1ccc(Cl)cc1. The van der Waals surface area contributed by atoms with Crippen LogP contribution in [0.1, 0.15) is 26.2 Å². The van der Waals surface area contributed by atoms with Crippen LogP contribution in [-0.4, -0.2) is 15.0 Å². The number of sulfonamides is 1. The number of hydrogen-bond acceptors (Lipinski definition) is 2. The van der Waals surface area contributed by atoms with Crippen molar-refractivity contribution < 1.29 is 8.42 Å². The zero-order valence-corrected chi connectivity index (χ0v) is 10.8. The minimum Gasteiger partial charge on any atom is -0.211 e. The fraction of sp³-hybridized carbons (Fsp3) is 0.455. The van der Waals surface area contributed by atoms with E-state index in [2.05, 4.69) is 11.6 Å². The smallest absolute Gasteiger partial charge is 0.211 e. The van der Waals surface area contributed by atoms with Gasteiger partial charge in [-0.25, -0.2) is 13.1 Å². The molecule has 0 amide bonds. The standard InChI is InChI=1S/C11H16ClNO2S/c1-2-3-4-9-13-16(14,15)11-7-5-10(12)6-8-11/h5-8,13H,2-4,9H2,1H3. The van der Waals surface area contributed by atoms with Crippen LogP contribution in [0.2, 0.25) is 5.02 Å². The monoisotopic (exact) mass is 261 g/mol. The van der Waals surface area contributed by atoms with Crippen LogP contribution < -0.4 is 4.72 Å². The molecule has 0 atom stereocenters. The Morgan fingerprint density at radius 2 is 1.81 bits per heavy atom. The summed E-state index contributed by atoms with van der Waals surface area (Å²) >= 11 is 5.69. The summed E-state index contributed by atoms with van der Waals surface area (Å²) in [4.78, 5) is 0.258. The van der Waals surface area contributed by atoms with Crippen molar-refractivity contribution in [2.24, 2.45) is 0 Å². The van der Waals surface area contributed by atoms with E-state index in [1.165, 1.54) is 12.1 Å². The molecular formula is C11H16ClNO2S. The van der Waals surface area contributed by atoms with E-state index >= 15 is 0 Å². The Labute approximate surface area is 102 Å². The van der Waals surface area contributed by atoms with Crippen molar-refractivity contribution in [3.8, 4) is 0 Å². The van der Waals surface area contributed by atoms with Crippen LogP contribution >= 0.6 is 11.6 Å². The molecular weight excluding hydrogens is 246 g/mol. The van der Waals surface area contributed by atoms with Crippen molar-refractivity contribution in [2.45, 2.75) is 31.1 Å². The minimum absolute atomic E-state index is 0.258. The first-order chi connectivity index (χ1) is 7.56. The molecule has 0 aliphatic rings. The van der Waals surface area contributed by atoms with Gasteiger partial charge in [-0.2, -0.15) is 0 Å². The van der Waals surface area contributed by atoms with Crippen molar-refractivity contribution in [1.82, 2.24) is 4.72 Å². The lowest BCUT2D eigenvalue weighted by Gasteiger charge is -2.06. The van der Waals surface area contributed by atoms with E-state index in [0.29, 0.717) is 11.6 Å². The van der Waals surface area contributed by atoms with Crippen molar-refractivity contribution >= 4 is 21.6 Å². The van der Waals surface area contributed by atoms with Gasteiger partial charge in [-0.15, -0.1) is 0 Å². The lowest BCUT2D eigenvalue weighted by atomic mass is 10.3. The molecule has 0 radical (unpaired) electrons. The molecule has 0 heterocycles. The molecule has 0 saturated heterocycles. The van der Waals surface area contributed by atoms with E-state index in [-0.39, 0.29) is 4.90 Å². The number of unbranched alkanes of at least 4 members (excludes halogenated alkanes) is 2. The van der Waals surface area contributed by atoms with Crippen LogP contribution in [0.5, 0.6) is 0 Å². The van der Waals surface area contributed by atoms with Gasteiger partial charge in [0.25, 0.3) is 0 Å². The van der Waals surface area contributed by atoms with E-state index in [0.717, 1.165) is 19.3 Å². The second kappa shape index (κ2) is 6.23. The van der Waals surface area contributed by atoms with Gasteiger partial charge in [-0.3, -0.25) is 0 Å². The van der Waals surface area contributed by atoms with Crippen LogP contribution in [0.25, 0.3) is 0 Å². The molecule has 3 nitrogen and oxygen atoms in total. The Morgan fingerprint density at radius 1 is 1.19 bits per heavy atom. The molecule has 0 aromatic heterocycles. The van der Waals surface area contributed by atoms with Gasteiger partial charge >= 0.3 is 0 Å². The maximum absolute atomic E-state index is 11.8. The van der Waals surface area contributed by atoms with Gasteiger partial charge < -0.3 is 0 Å². The lowest BCUT2D eigenvalue weighted by molar-refractivity contribution is 0.576. The third-order valence-electron chi connectivity index (χ3n) is 2.20. The van der Waals surface area contributed by atoms with E-state index in [1.807, 2.05) is 0 Å². The zero-order chi connectivity index (χ0) is 12.0. The van der Waals surface area contributed by atoms with Crippen LogP contribution in [0.15, 0.2) is 29.2 Å². The van der Waals surface area contributed by atoms with Crippen LogP contribution in [0.4, 0.5) is 0 Å². The highest BCUT2D eigenvalue weighted by atomic mass is 35.5. The second-order valence-corrected chi connectivity index (χ2v) is 5.76. The van der Waals surface area contributed by atoms with E-state index < -0.39 is 10.0 Å². The largest absolute Gasteiger partial charge is 0.240 e. The van der Waals surface area contributed by atoms with Gasteiger partial charge in [0.1, 0.15) is 0 Å². The summed E-state index contributed by atoms with van der Waals surface area (Å²) in [6.45, 7) is 2.56. The molecule has 16 heavy (non-hydrogen) atoms. The second-order valence-electron chi connectivity index (χ2n) is 3.56. The first-order valence-corrected chi connectivity index (χ1v) is 7.17. The van der Waals surface area contributed by atoms with Gasteiger partial charge in [0.15, 0.2) is 0 Å². The number of nitrogens with one attached hydrogen (secondary N) is 1. The molecule has 0 aliphatic carbocycles. The molecule has 0 saturated carbocycles. The summed E-state index contributed by atoms with van der Waals surface area (Å²) in [6.07, 6.45) is 2.97. The van der Waals surface area contributed by atoms with Crippen molar-refractivity contribution in [3.05, 3.63) is 29.3 Å². The van der Waals surface area contributed by atoms with Gasteiger partial charge in [0.2, 0.25) is 10.0 Å². The summed E-state index contributed by atoms with van der Waals surface area (Å²) in [5.74, 6) is 0. The van der Waals surface area contributed by atoms with Gasteiger partial charge in [0, 0.05) is 11.6 Å². The van der Waals surface area contributed by atoms with Crippen molar-refractivity contribution in [1.29, 1.82) is 0 Å². The number of halogens is 1. The molecule has 5 heteroatoms. The quantitative estimate of drug-likeness (QED) is 0.801. The molecule has 1 aromatic carbocycles. The molecule has 0 unspecified atom stereocenters. The first-order valence-electron chi connectivity index (χ1n) is 5.31. The number of rotatable bonds is 6. The summed E-state index contributed by atoms with van der Waals surface area (Å²) in [5, 5.41) is 0.532. The Balaban J connectivity index is 2.60.